The molecule has 5 atom stereocenters. The number of hydrogen-bond acceptors (Lipinski definition) is 6. The lowest BCUT2D eigenvalue weighted by Crippen LogP contribution is -2.65. The van der Waals surface area contributed by atoms with Crippen molar-refractivity contribution >= 4 is 5.91 Å². The maximum absolute atomic E-state index is 11.3. The Morgan fingerprint density at radius 3 is 2.45 bits per heavy atom. The number of amides is 1. The molecule has 0 saturated carbocycles. The molecule has 1 amide bonds. The summed E-state index contributed by atoms with van der Waals surface area (Å²) in [6.45, 7) is 2.75. The van der Waals surface area contributed by atoms with E-state index in [0.29, 0.717) is 5.75 Å². The average Bonchev–Trinajstić information content (AvgIpc) is 2.48. The number of benzene rings is 1. The SMILES string of the molecule is CC(=O)N[C@@H]1[C@@H](Oc2ccc(C)cc2)O[C@@H](CO)[C@H](O)[C@H]1O. The molecular weight excluding hydrogens is 290 g/mol. The Morgan fingerprint density at radius 2 is 1.91 bits per heavy atom. The molecule has 0 aliphatic carbocycles. The van der Waals surface area contributed by atoms with E-state index in [1.165, 1.54) is 6.92 Å². The molecule has 0 radical (unpaired) electrons. The highest BCUT2D eigenvalue weighted by molar-refractivity contribution is 5.73. The van der Waals surface area contributed by atoms with Gasteiger partial charge in [-0.15, -0.1) is 0 Å². The molecule has 1 saturated heterocycles. The number of carbonyl (C=O) groups is 1. The van der Waals surface area contributed by atoms with Crippen LogP contribution in [0.1, 0.15) is 12.5 Å². The zero-order valence-corrected chi connectivity index (χ0v) is 12.5. The normalized spacial score (nSPS) is 31.6. The Bertz CT molecular complexity index is 505. The Morgan fingerprint density at radius 1 is 1.27 bits per heavy atom. The fourth-order valence-electron chi connectivity index (χ4n) is 2.32. The highest BCUT2D eigenvalue weighted by Crippen LogP contribution is 2.24. The van der Waals surface area contributed by atoms with Crippen molar-refractivity contribution in [3.05, 3.63) is 29.8 Å². The van der Waals surface area contributed by atoms with Gasteiger partial charge in [0.2, 0.25) is 12.2 Å². The van der Waals surface area contributed by atoms with E-state index in [4.69, 9.17) is 9.47 Å². The van der Waals surface area contributed by atoms with Crippen LogP contribution >= 0.6 is 0 Å². The molecule has 1 heterocycles. The van der Waals surface area contributed by atoms with E-state index >= 15 is 0 Å². The van der Waals surface area contributed by atoms with Gasteiger partial charge in [-0.1, -0.05) is 17.7 Å². The molecule has 7 heteroatoms. The number of carbonyl (C=O) groups excluding carboxylic acids is 1. The van der Waals surface area contributed by atoms with Gasteiger partial charge in [0.25, 0.3) is 0 Å². The van der Waals surface area contributed by atoms with E-state index in [1.54, 1.807) is 12.1 Å². The summed E-state index contributed by atoms with van der Waals surface area (Å²) >= 11 is 0. The summed E-state index contributed by atoms with van der Waals surface area (Å²) in [6.07, 6.45) is -4.65. The second-order valence-corrected chi connectivity index (χ2v) is 5.36. The number of hydrogen-bond donors (Lipinski definition) is 4. The molecule has 1 aromatic carbocycles. The third-order valence-corrected chi connectivity index (χ3v) is 3.52. The lowest BCUT2D eigenvalue weighted by Gasteiger charge is -2.42. The fraction of sp³-hybridized carbons (Fsp3) is 0.533. The summed E-state index contributed by atoms with van der Waals surface area (Å²) < 4.78 is 11.1. The van der Waals surface area contributed by atoms with Crippen LogP contribution in [0.5, 0.6) is 5.75 Å². The molecule has 4 N–H and O–H groups in total. The minimum atomic E-state index is -1.32. The van der Waals surface area contributed by atoms with Crippen LogP contribution in [-0.4, -0.2) is 58.5 Å². The molecule has 122 valence electrons. The fourth-order valence-corrected chi connectivity index (χ4v) is 2.32. The van der Waals surface area contributed by atoms with Gasteiger partial charge in [0.05, 0.1) is 6.61 Å². The second kappa shape index (κ2) is 7.06. The summed E-state index contributed by atoms with van der Waals surface area (Å²) in [5.41, 5.74) is 1.05. The van der Waals surface area contributed by atoms with Gasteiger partial charge in [-0.3, -0.25) is 4.79 Å². The third kappa shape index (κ3) is 3.75. The maximum atomic E-state index is 11.3. The molecule has 0 spiro atoms. The van der Waals surface area contributed by atoms with Gasteiger partial charge in [-0.25, -0.2) is 0 Å². The monoisotopic (exact) mass is 311 g/mol. The Balaban J connectivity index is 2.18. The first-order chi connectivity index (χ1) is 10.4. The number of aryl methyl sites for hydroxylation is 1. The van der Waals surface area contributed by atoms with E-state index in [0.717, 1.165) is 5.56 Å². The highest BCUT2D eigenvalue weighted by atomic mass is 16.7. The van der Waals surface area contributed by atoms with E-state index in [-0.39, 0.29) is 5.91 Å². The molecule has 22 heavy (non-hydrogen) atoms. The predicted molar refractivity (Wildman–Crippen MR) is 77.2 cm³/mol. The van der Waals surface area contributed by atoms with Gasteiger partial charge in [-0.2, -0.15) is 0 Å². The summed E-state index contributed by atoms with van der Waals surface area (Å²) in [4.78, 5) is 11.3. The van der Waals surface area contributed by atoms with Crippen LogP contribution in [0, 0.1) is 6.92 Å². The lowest BCUT2D eigenvalue weighted by molar-refractivity contribution is -0.244. The summed E-state index contributed by atoms with van der Waals surface area (Å²) in [7, 11) is 0. The molecule has 1 aliphatic heterocycles. The van der Waals surface area contributed by atoms with Crippen molar-refractivity contribution in [2.24, 2.45) is 0 Å². The molecule has 2 rings (SSSR count). The second-order valence-electron chi connectivity index (χ2n) is 5.36. The number of ether oxygens (including phenoxy) is 2. The summed E-state index contributed by atoms with van der Waals surface area (Å²) in [5.74, 6) is 0.103. The van der Waals surface area contributed by atoms with Gasteiger partial charge in [-0.05, 0) is 19.1 Å². The van der Waals surface area contributed by atoms with Crippen LogP contribution in [0.15, 0.2) is 24.3 Å². The molecule has 1 aliphatic rings. The first-order valence-electron chi connectivity index (χ1n) is 7.05. The van der Waals surface area contributed by atoms with E-state index in [9.17, 15) is 20.1 Å². The van der Waals surface area contributed by atoms with Crippen molar-refractivity contribution in [1.29, 1.82) is 0 Å². The highest BCUT2D eigenvalue weighted by Gasteiger charge is 2.46. The van der Waals surface area contributed by atoms with Crippen LogP contribution < -0.4 is 10.1 Å². The number of aliphatic hydroxyl groups excluding tert-OH is 3. The Labute approximate surface area is 128 Å². The topological polar surface area (TPSA) is 108 Å². The smallest absolute Gasteiger partial charge is 0.223 e. The minimum Gasteiger partial charge on any atom is -0.463 e. The van der Waals surface area contributed by atoms with Crippen molar-refractivity contribution in [3.63, 3.8) is 0 Å². The molecule has 0 bridgehead atoms. The van der Waals surface area contributed by atoms with E-state index < -0.39 is 37.3 Å². The lowest BCUT2D eigenvalue weighted by atomic mass is 9.97. The van der Waals surface area contributed by atoms with Crippen LogP contribution in [0.3, 0.4) is 0 Å². The number of rotatable bonds is 4. The minimum absolute atomic E-state index is 0.389. The molecular formula is C15H21NO6. The van der Waals surface area contributed by atoms with Crippen LogP contribution in [0.25, 0.3) is 0 Å². The Hall–Kier alpha value is -1.67. The molecule has 1 fully saturated rings. The zero-order valence-electron chi connectivity index (χ0n) is 12.5. The quantitative estimate of drug-likeness (QED) is 0.587. The van der Waals surface area contributed by atoms with Crippen LogP contribution in [0.2, 0.25) is 0 Å². The van der Waals surface area contributed by atoms with Crippen molar-refractivity contribution in [3.8, 4) is 5.75 Å². The van der Waals surface area contributed by atoms with Crippen LogP contribution in [0.4, 0.5) is 0 Å². The van der Waals surface area contributed by atoms with Crippen molar-refractivity contribution < 1.29 is 29.6 Å². The standard InChI is InChI=1S/C15H21NO6/c1-8-3-5-10(6-4-8)21-15-12(16-9(2)18)14(20)13(19)11(7-17)22-15/h3-6,11-15,17,19-20H,7H2,1-2H3,(H,16,18)/t11-,12-,13-,14-,15-/m0/s1. The van der Waals surface area contributed by atoms with Crippen molar-refractivity contribution in [2.45, 2.75) is 44.5 Å². The number of aliphatic hydroxyl groups is 3. The molecule has 0 aromatic heterocycles. The molecule has 0 unspecified atom stereocenters. The van der Waals surface area contributed by atoms with Gasteiger partial charge in [0.15, 0.2) is 0 Å². The van der Waals surface area contributed by atoms with Crippen LogP contribution in [-0.2, 0) is 9.53 Å². The third-order valence-electron chi connectivity index (χ3n) is 3.52. The van der Waals surface area contributed by atoms with E-state index in [1.807, 2.05) is 19.1 Å². The largest absolute Gasteiger partial charge is 0.463 e. The van der Waals surface area contributed by atoms with Gasteiger partial charge < -0.3 is 30.1 Å². The zero-order chi connectivity index (χ0) is 16.3. The predicted octanol–water partition coefficient (Wildman–Crippen LogP) is -0.682. The molecule has 1 aromatic rings. The first-order valence-corrected chi connectivity index (χ1v) is 7.05. The maximum Gasteiger partial charge on any atom is 0.223 e. The van der Waals surface area contributed by atoms with Crippen molar-refractivity contribution in [1.82, 2.24) is 5.32 Å². The van der Waals surface area contributed by atoms with Crippen molar-refractivity contribution in [2.75, 3.05) is 6.61 Å². The first kappa shape index (κ1) is 16.7. The van der Waals surface area contributed by atoms with Gasteiger partial charge in [0.1, 0.15) is 30.1 Å². The summed E-state index contributed by atoms with van der Waals surface area (Å²) in [6, 6.07) is 6.21. The number of nitrogens with one attached hydrogen (secondary N) is 1. The molecule has 7 nitrogen and oxygen atoms in total. The average molecular weight is 311 g/mol. The Kier molecular flexibility index (Phi) is 5.36. The summed E-state index contributed by atoms with van der Waals surface area (Å²) in [5, 5.41) is 31.8. The van der Waals surface area contributed by atoms with E-state index in [2.05, 4.69) is 5.32 Å². The van der Waals surface area contributed by atoms with Gasteiger partial charge in [0, 0.05) is 6.92 Å². The van der Waals surface area contributed by atoms with Gasteiger partial charge >= 0.3 is 0 Å².